The molecule has 0 unspecified atom stereocenters. The van der Waals surface area contributed by atoms with Crippen LogP contribution in [0.2, 0.25) is 0 Å². The summed E-state index contributed by atoms with van der Waals surface area (Å²) in [6.45, 7) is 0.0128. The van der Waals surface area contributed by atoms with Crippen LogP contribution in [-0.2, 0) is 16.1 Å². The highest BCUT2D eigenvalue weighted by Crippen LogP contribution is 2.41. The molecule has 1 aliphatic rings. The van der Waals surface area contributed by atoms with Crippen LogP contribution in [0.4, 0.5) is 22.4 Å². The van der Waals surface area contributed by atoms with Crippen molar-refractivity contribution >= 4 is 17.7 Å². The lowest BCUT2D eigenvalue weighted by atomic mass is 9.81. The molecule has 1 fully saturated rings. The van der Waals surface area contributed by atoms with E-state index in [0.717, 1.165) is 5.56 Å². The van der Waals surface area contributed by atoms with Crippen LogP contribution >= 0.6 is 0 Å². The van der Waals surface area contributed by atoms with Gasteiger partial charge in [0.1, 0.15) is 6.61 Å². The Balaban J connectivity index is 1.58. The quantitative estimate of drug-likeness (QED) is 0.367. The van der Waals surface area contributed by atoms with Gasteiger partial charge in [0.2, 0.25) is 12.3 Å². The fourth-order valence-electron chi connectivity index (χ4n) is 4.53. The summed E-state index contributed by atoms with van der Waals surface area (Å²) in [4.78, 5) is 28.6. The second-order valence-electron chi connectivity index (χ2n) is 9.15. The molecule has 1 aliphatic carbocycles. The maximum atomic E-state index is 13.8. The smallest absolute Gasteiger partial charge is 0.408 e. The van der Waals surface area contributed by atoms with Crippen molar-refractivity contribution in [2.24, 2.45) is 5.92 Å². The van der Waals surface area contributed by atoms with Crippen LogP contribution in [0.15, 0.2) is 48.8 Å². The molecule has 1 saturated carbocycles. The summed E-state index contributed by atoms with van der Waals surface area (Å²) in [7, 11) is 0. The Hall–Kier alpha value is -3.70. The third-order valence-electron chi connectivity index (χ3n) is 6.51. The van der Waals surface area contributed by atoms with Crippen molar-refractivity contribution in [2.75, 3.05) is 0 Å². The zero-order valence-corrected chi connectivity index (χ0v) is 19.7. The molecule has 37 heavy (non-hydrogen) atoms. The second-order valence-corrected chi connectivity index (χ2v) is 9.15. The normalized spacial score (nSPS) is 17.4. The van der Waals surface area contributed by atoms with Crippen molar-refractivity contribution in [1.82, 2.24) is 19.9 Å². The minimum Gasteiger partial charge on any atom is -0.481 e. The first-order chi connectivity index (χ1) is 17.6. The van der Waals surface area contributed by atoms with Crippen molar-refractivity contribution in [3.63, 3.8) is 0 Å². The molecule has 198 valence electrons. The minimum absolute atomic E-state index is 0.0128. The molecule has 2 heterocycles. The number of carbonyl (C=O) groups is 2. The molecule has 0 bridgehead atoms. The summed E-state index contributed by atoms with van der Waals surface area (Å²) < 4.78 is 60.1. The predicted molar refractivity (Wildman–Crippen MR) is 123 cm³/mol. The predicted octanol–water partition coefficient (Wildman–Crippen LogP) is 5.35. The molecule has 8 nitrogen and oxygen atoms in total. The Labute approximate surface area is 209 Å². The number of fused-ring (bicyclic) bond motifs is 1. The zero-order chi connectivity index (χ0) is 26.6. The van der Waals surface area contributed by atoms with Crippen molar-refractivity contribution in [3.8, 4) is 0 Å². The Morgan fingerprint density at radius 1 is 1.19 bits per heavy atom. The van der Waals surface area contributed by atoms with Gasteiger partial charge in [-0.3, -0.25) is 4.79 Å². The highest BCUT2D eigenvalue weighted by Gasteiger charge is 2.39. The highest BCUT2D eigenvalue weighted by atomic mass is 19.3. The van der Waals surface area contributed by atoms with E-state index in [0.29, 0.717) is 5.69 Å². The van der Waals surface area contributed by atoms with Gasteiger partial charge in [-0.15, -0.1) is 0 Å². The molecule has 0 radical (unpaired) electrons. The summed E-state index contributed by atoms with van der Waals surface area (Å²) in [5, 5.41) is 16.2. The van der Waals surface area contributed by atoms with Crippen molar-refractivity contribution in [3.05, 3.63) is 65.6 Å². The van der Waals surface area contributed by atoms with E-state index in [4.69, 9.17) is 4.74 Å². The van der Waals surface area contributed by atoms with Crippen LogP contribution in [0.5, 0.6) is 0 Å². The van der Waals surface area contributed by atoms with Gasteiger partial charge in [0, 0.05) is 19.3 Å². The third-order valence-corrected chi connectivity index (χ3v) is 6.51. The number of amides is 1. The molecule has 2 atom stereocenters. The van der Waals surface area contributed by atoms with E-state index >= 15 is 0 Å². The number of hydrogen-bond donors (Lipinski definition) is 2. The van der Waals surface area contributed by atoms with Crippen LogP contribution in [-0.4, -0.2) is 44.1 Å². The first-order valence-electron chi connectivity index (χ1n) is 11.8. The van der Waals surface area contributed by atoms with Gasteiger partial charge in [-0.2, -0.15) is 5.10 Å². The summed E-state index contributed by atoms with van der Waals surface area (Å²) >= 11 is 0. The van der Waals surface area contributed by atoms with Crippen molar-refractivity contribution in [1.29, 1.82) is 0 Å². The number of carboxylic acids is 1. The van der Waals surface area contributed by atoms with Crippen molar-refractivity contribution < 1.29 is 37.0 Å². The molecule has 0 aliphatic heterocycles. The van der Waals surface area contributed by atoms with Gasteiger partial charge in [0.25, 0.3) is 0 Å². The molecule has 12 heteroatoms. The van der Waals surface area contributed by atoms with E-state index in [2.05, 4.69) is 15.4 Å². The molecule has 1 amide bonds. The van der Waals surface area contributed by atoms with Gasteiger partial charge in [-0.25, -0.2) is 31.9 Å². The Morgan fingerprint density at radius 3 is 2.54 bits per heavy atom. The zero-order valence-electron chi connectivity index (χ0n) is 19.7. The number of hydrogen-bond acceptors (Lipinski definition) is 5. The molecule has 1 aromatic carbocycles. The lowest BCUT2D eigenvalue weighted by Gasteiger charge is -2.33. The van der Waals surface area contributed by atoms with Crippen LogP contribution in [0.25, 0.3) is 5.65 Å². The third kappa shape index (κ3) is 6.75. The largest absolute Gasteiger partial charge is 0.481 e. The SMILES string of the molecule is O=C(N[C@H](c1cn2ncc([C@H](CC(F)F)C(=O)O)cc2n1)C1CCC(F)(F)CC1)OCc1ccccc1. The number of aliphatic carboxylic acids is 1. The van der Waals surface area contributed by atoms with Crippen LogP contribution < -0.4 is 5.32 Å². The maximum absolute atomic E-state index is 13.8. The van der Waals surface area contributed by atoms with Crippen LogP contribution in [0, 0.1) is 5.92 Å². The van der Waals surface area contributed by atoms with Crippen LogP contribution in [0.3, 0.4) is 0 Å². The van der Waals surface area contributed by atoms with Crippen molar-refractivity contribution in [2.45, 2.75) is 63.0 Å². The lowest BCUT2D eigenvalue weighted by molar-refractivity contribution is -0.139. The Bertz CT molecular complexity index is 1230. The molecule has 3 aromatic rings. The van der Waals surface area contributed by atoms with E-state index in [1.807, 2.05) is 6.07 Å². The average Bonchev–Trinajstić information content (AvgIpc) is 3.28. The molecule has 0 spiro atoms. The number of aromatic nitrogens is 3. The number of halogens is 4. The first-order valence-corrected chi connectivity index (χ1v) is 11.8. The molecule has 4 rings (SSSR count). The molecular formula is C25H26F4N4O4. The van der Waals surface area contributed by atoms with Gasteiger partial charge >= 0.3 is 12.1 Å². The molecule has 2 N–H and O–H groups in total. The summed E-state index contributed by atoms with van der Waals surface area (Å²) in [5.74, 6) is -6.03. The topological polar surface area (TPSA) is 106 Å². The van der Waals surface area contributed by atoms with E-state index < -0.39 is 42.8 Å². The fourth-order valence-corrected chi connectivity index (χ4v) is 4.53. The average molecular weight is 522 g/mol. The number of imidazole rings is 1. The van der Waals surface area contributed by atoms with E-state index in [-0.39, 0.29) is 49.4 Å². The summed E-state index contributed by atoms with van der Waals surface area (Å²) in [6.07, 6.45) is -2.18. The molecule has 0 saturated heterocycles. The number of carbonyl (C=O) groups excluding carboxylic acids is 1. The van der Waals surface area contributed by atoms with Gasteiger partial charge in [-0.05, 0) is 36.0 Å². The van der Waals surface area contributed by atoms with E-state index in [1.54, 1.807) is 24.3 Å². The Morgan fingerprint density at radius 2 is 1.89 bits per heavy atom. The Kier molecular flexibility index (Phi) is 7.94. The number of ether oxygens (including phenoxy) is 1. The number of nitrogens with one attached hydrogen (secondary N) is 1. The second kappa shape index (κ2) is 11.1. The number of carboxylic acid groups (broad SMARTS) is 1. The minimum atomic E-state index is -2.83. The van der Waals surface area contributed by atoms with E-state index in [1.165, 1.54) is 23.0 Å². The van der Waals surface area contributed by atoms with Gasteiger partial charge in [-0.1, -0.05) is 30.3 Å². The molecular weight excluding hydrogens is 496 g/mol. The highest BCUT2D eigenvalue weighted by molar-refractivity contribution is 5.76. The van der Waals surface area contributed by atoms with E-state index in [9.17, 15) is 32.3 Å². The standard InChI is InChI=1S/C25H26F4N4O4/c26-20(27)11-18(23(34)35)17-10-21-31-19(13-33(21)30-12-17)22(16-6-8-25(28,29)9-7-16)32-24(36)37-14-15-4-2-1-3-5-15/h1-5,10,12-13,16,18,20,22H,6-9,11,14H2,(H,32,36)(H,34,35)/t18-,22-/m0/s1. The maximum Gasteiger partial charge on any atom is 0.408 e. The van der Waals surface area contributed by atoms with Gasteiger partial charge < -0.3 is 15.2 Å². The summed E-state index contributed by atoms with van der Waals surface area (Å²) in [6, 6.07) is 9.58. The number of nitrogens with zero attached hydrogens (tertiary/aromatic N) is 3. The number of alkyl halides is 4. The van der Waals surface area contributed by atoms with Crippen LogP contribution in [0.1, 0.15) is 60.9 Å². The number of alkyl carbamates (subject to hydrolysis) is 1. The van der Waals surface area contributed by atoms with Gasteiger partial charge in [0.15, 0.2) is 5.65 Å². The number of benzene rings is 1. The first kappa shape index (κ1) is 26.4. The van der Waals surface area contributed by atoms with Gasteiger partial charge in [0.05, 0.1) is 30.0 Å². The molecule has 2 aromatic heterocycles. The monoisotopic (exact) mass is 522 g/mol. The fraction of sp³-hybridized carbons (Fsp3) is 0.440. The number of rotatable bonds is 9. The lowest BCUT2D eigenvalue weighted by Crippen LogP contribution is -2.37. The summed E-state index contributed by atoms with van der Waals surface area (Å²) in [5.41, 5.74) is 1.32.